The highest BCUT2D eigenvalue weighted by atomic mass is 16.5. The van der Waals surface area contributed by atoms with Gasteiger partial charge >= 0.3 is 0 Å². The second-order valence-electron chi connectivity index (χ2n) is 7.11. The number of hydrogen-bond acceptors (Lipinski definition) is 6. The van der Waals surface area contributed by atoms with Crippen LogP contribution in [-0.4, -0.2) is 28.2 Å². The number of rotatable bonds is 5. The molecule has 0 bridgehead atoms. The smallest absolute Gasteiger partial charge is 0.174 e. The number of hydrogen-bond donors (Lipinski definition) is 2. The number of carbonyl (C=O) groups is 1. The van der Waals surface area contributed by atoms with Crippen LogP contribution in [0.25, 0.3) is 0 Å². The first-order valence-corrected chi connectivity index (χ1v) is 8.97. The van der Waals surface area contributed by atoms with Gasteiger partial charge in [-0.15, -0.1) is 0 Å². The van der Waals surface area contributed by atoms with E-state index in [1.54, 1.807) is 6.07 Å². The van der Waals surface area contributed by atoms with Gasteiger partial charge in [-0.05, 0) is 45.4 Å². The lowest BCUT2D eigenvalue weighted by atomic mass is 9.95. The molecule has 0 radical (unpaired) electrons. The molecule has 0 saturated heterocycles. The fourth-order valence-corrected chi connectivity index (χ4v) is 3.03. The van der Waals surface area contributed by atoms with E-state index in [1.807, 2.05) is 39.8 Å². The maximum Gasteiger partial charge on any atom is 0.174 e. The maximum absolute atomic E-state index is 12.5. The topological polar surface area (TPSA) is 85.2 Å². The summed E-state index contributed by atoms with van der Waals surface area (Å²) in [5.74, 6) is 0.689. The molecule has 1 heterocycles. The summed E-state index contributed by atoms with van der Waals surface area (Å²) in [5.41, 5.74) is 0.853. The van der Waals surface area contributed by atoms with E-state index < -0.39 is 6.10 Å². The average molecular weight is 372 g/mol. The Morgan fingerprint density at radius 2 is 1.67 bits per heavy atom. The van der Waals surface area contributed by atoms with E-state index >= 15 is 0 Å². The summed E-state index contributed by atoms with van der Waals surface area (Å²) in [6.07, 6.45) is -0.514. The molecule has 2 N–H and O–H groups in total. The monoisotopic (exact) mass is 372 g/mol. The van der Waals surface area contributed by atoms with Gasteiger partial charge in [0.1, 0.15) is 28.9 Å². The van der Waals surface area contributed by atoms with Crippen molar-refractivity contribution in [2.75, 3.05) is 0 Å². The predicted octanol–water partition coefficient (Wildman–Crippen LogP) is 4.38. The Morgan fingerprint density at radius 1 is 1.00 bits per heavy atom. The molecule has 0 aliphatic carbocycles. The summed E-state index contributed by atoms with van der Waals surface area (Å²) < 4.78 is 17.6. The van der Waals surface area contributed by atoms with E-state index in [4.69, 9.17) is 14.2 Å². The summed E-state index contributed by atoms with van der Waals surface area (Å²) in [6, 6.07) is 7.91. The molecule has 0 amide bonds. The molecule has 27 heavy (non-hydrogen) atoms. The number of fused-ring (bicyclic) bond motifs is 1. The number of ketones is 1. The van der Waals surface area contributed by atoms with Gasteiger partial charge in [-0.2, -0.15) is 0 Å². The van der Waals surface area contributed by atoms with Gasteiger partial charge in [-0.3, -0.25) is 4.79 Å². The summed E-state index contributed by atoms with van der Waals surface area (Å²) >= 11 is 0. The van der Waals surface area contributed by atoms with Gasteiger partial charge < -0.3 is 24.4 Å². The van der Waals surface area contributed by atoms with Crippen molar-refractivity contribution in [3.05, 3.63) is 41.5 Å². The van der Waals surface area contributed by atoms with E-state index in [9.17, 15) is 15.0 Å². The number of Topliss-reactive ketones (excluding diaryl/α,β-unsaturated/α-hetero) is 1. The Hall–Kier alpha value is -2.89. The van der Waals surface area contributed by atoms with Gasteiger partial charge in [0.15, 0.2) is 17.3 Å². The summed E-state index contributed by atoms with van der Waals surface area (Å²) in [6.45, 7) is 7.72. The average Bonchev–Trinajstić information content (AvgIpc) is 2.54. The molecule has 0 fully saturated rings. The Morgan fingerprint density at radius 3 is 2.33 bits per heavy atom. The molecule has 2 aromatic carbocycles. The lowest BCUT2D eigenvalue weighted by Gasteiger charge is -2.27. The fraction of sp³-hybridized carbons (Fsp3) is 0.381. The van der Waals surface area contributed by atoms with Gasteiger partial charge in [-0.1, -0.05) is 6.07 Å². The highest BCUT2D eigenvalue weighted by Crippen LogP contribution is 2.43. The van der Waals surface area contributed by atoms with Crippen LogP contribution in [0.1, 0.15) is 56.1 Å². The van der Waals surface area contributed by atoms with E-state index in [2.05, 4.69) is 0 Å². The minimum Gasteiger partial charge on any atom is -0.508 e. The lowest BCUT2D eigenvalue weighted by molar-refractivity contribution is 0.0844. The van der Waals surface area contributed by atoms with Crippen LogP contribution in [0.2, 0.25) is 0 Å². The first-order chi connectivity index (χ1) is 12.7. The zero-order valence-electron chi connectivity index (χ0n) is 15.9. The Labute approximate surface area is 158 Å². The molecule has 3 rings (SSSR count). The number of benzene rings is 2. The molecular formula is C21H24O6. The summed E-state index contributed by atoms with van der Waals surface area (Å²) in [4.78, 5) is 12.5. The van der Waals surface area contributed by atoms with Crippen LogP contribution in [0.3, 0.4) is 0 Å². The Balaban J connectivity index is 1.95. The van der Waals surface area contributed by atoms with Gasteiger partial charge in [0.05, 0.1) is 18.6 Å². The van der Waals surface area contributed by atoms with Crippen LogP contribution in [0.4, 0.5) is 0 Å². The minimum atomic E-state index is -0.547. The normalized spacial score (nSPS) is 16.2. The summed E-state index contributed by atoms with van der Waals surface area (Å²) in [7, 11) is 0. The number of phenolic OH excluding ortho intramolecular Hbond substituents is 2. The van der Waals surface area contributed by atoms with Gasteiger partial charge in [0.2, 0.25) is 0 Å². The third kappa shape index (κ3) is 4.10. The molecule has 0 aromatic heterocycles. The van der Waals surface area contributed by atoms with Crippen molar-refractivity contribution in [3.8, 4) is 28.7 Å². The van der Waals surface area contributed by atoms with E-state index in [0.717, 1.165) is 11.6 Å². The molecule has 1 unspecified atom stereocenters. The zero-order valence-corrected chi connectivity index (χ0v) is 15.9. The van der Waals surface area contributed by atoms with Crippen molar-refractivity contribution in [1.29, 1.82) is 0 Å². The van der Waals surface area contributed by atoms with Gasteiger partial charge in [-0.25, -0.2) is 0 Å². The van der Waals surface area contributed by atoms with Crippen LogP contribution in [0.15, 0.2) is 30.3 Å². The van der Waals surface area contributed by atoms with Crippen LogP contribution < -0.4 is 14.2 Å². The Kier molecular flexibility index (Phi) is 5.17. The fourth-order valence-electron chi connectivity index (χ4n) is 3.03. The molecule has 0 saturated carbocycles. The first kappa shape index (κ1) is 18.9. The zero-order chi connectivity index (χ0) is 19.7. The third-order valence-electron chi connectivity index (χ3n) is 4.05. The molecular weight excluding hydrogens is 348 g/mol. The standard InChI is InChI=1S/C21H24O6/c1-11(2)25-17-6-5-13(7-19(17)26-12(3)4)18-10-16(24)21-15(23)8-14(22)9-20(21)27-18/h5-9,11-12,18,22-23H,10H2,1-4H3. The largest absolute Gasteiger partial charge is 0.508 e. The van der Waals surface area contributed by atoms with Crippen LogP contribution >= 0.6 is 0 Å². The third-order valence-corrected chi connectivity index (χ3v) is 4.05. The quantitative estimate of drug-likeness (QED) is 0.810. The molecule has 6 nitrogen and oxygen atoms in total. The maximum atomic E-state index is 12.5. The van der Waals surface area contributed by atoms with Crippen molar-refractivity contribution in [1.82, 2.24) is 0 Å². The highest BCUT2D eigenvalue weighted by molar-refractivity contribution is 6.02. The molecule has 1 aliphatic rings. The molecule has 0 spiro atoms. The summed E-state index contributed by atoms with van der Waals surface area (Å²) in [5, 5.41) is 19.6. The lowest BCUT2D eigenvalue weighted by Crippen LogP contribution is -2.21. The second-order valence-corrected chi connectivity index (χ2v) is 7.11. The van der Waals surface area contributed by atoms with Crippen molar-refractivity contribution in [3.63, 3.8) is 0 Å². The molecule has 1 aliphatic heterocycles. The Bertz CT molecular complexity index is 856. The minimum absolute atomic E-state index is 0.00398. The first-order valence-electron chi connectivity index (χ1n) is 8.97. The second kappa shape index (κ2) is 7.39. The van der Waals surface area contributed by atoms with Crippen molar-refractivity contribution in [2.45, 2.75) is 52.4 Å². The number of phenols is 2. The predicted molar refractivity (Wildman–Crippen MR) is 100 cm³/mol. The number of aromatic hydroxyl groups is 2. The van der Waals surface area contributed by atoms with E-state index in [-0.39, 0.29) is 47.2 Å². The highest BCUT2D eigenvalue weighted by Gasteiger charge is 2.31. The molecule has 6 heteroatoms. The van der Waals surface area contributed by atoms with E-state index in [1.165, 1.54) is 6.07 Å². The van der Waals surface area contributed by atoms with Crippen LogP contribution in [0.5, 0.6) is 28.7 Å². The van der Waals surface area contributed by atoms with Crippen LogP contribution in [-0.2, 0) is 0 Å². The molecule has 144 valence electrons. The number of carbonyl (C=O) groups excluding carboxylic acids is 1. The number of ether oxygens (including phenoxy) is 3. The SMILES string of the molecule is CC(C)Oc1ccc(C2CC(=O)c3c(O)cc(O)cc3O2)cc1OC(C)C. The molecule has 1 atom stereocenters. The molecule has 2 aromatic rings. The van der Waals surface area contributed by atoms with Crippen molar-refractivity contribution >= 4 is 5.78 Å². The van der Waals surface area contributed by atoms with Gasteiger partial charge in [0, 0.05) is 12.1 Å². The van der Waals surface area contributed by atoms with Crippen molar-refractivity contribution < 1.29 is 29.2 Å². The van der Waals surface area contributed by atoms with E-state index in [0.29, 0.717) is 11.5 Å². The van der Waals surface area contributed by atoms with Gasteiger partial charge in [0.25, 0.3) is 0 Å². The van der Waals surface area contributed by atoms with Crippen LogP contribution in [0, 0.1) is 0 Å². The van der Waals surface area contributed by atoms with Crippen molar-refractivity contribution in [2.24, 2.45) is 0 Å².